The van der Waals surface area contributed by atoms with Gasteiger partial charge in [0.05, 0.1) is 10.6 Å². The molecule has 3 aromatic rings. The average Bonchev–Trinajstić information content (AvgIpc) is 3.05. The average molecular weight is 383 g/mol. The van der Waals surface area contributed by atoms with E-state index >= 15 is 0 Å². The smallest absolute Gasteiger partial charge is 0.309 e. The van der Waals surface area contributed by atoms with Crippen LogP contribution in [0.15, 0.2) is 42.6 Å². The van der Waals surface area contributed by atoms with Crippen LogP contribution in [-0.4, -0.2) is 31.1 Å². The molecule has 1 aromatic carbocycles. The summed E-state index contributed by atoms with van der Waals surface area (Å²) in [6.07, 6.45) is -3.10. The number of alkyl halides is 3. The molecule has 0 atom stereocenters. The number of carbonyl (C=O) groups is 1. The molecule has 0 radical (unpaired) electrons. The molecule has 1 N–H and O–H groups in total. The Labute approximate surface area is 149 Å². The van der Waals surface area contributed by atoms with Gasteiger partial charge in [-0.3, -0.25) is 4.79 Å². The third kappa shape index (κ3) is 4.33. The first-order valence-electron chi connectivity index (χ1n) is 7.18. The molecular formula is C15H10ClF3N6O. The van der Waals surface area contributed by atoms with Crippen molar-refractivity contribution in [1.82, 2.24) is 25.2 Å². The summed E-state index contributed by atoms with van der Waals surface area (Å²) in [6.45, 7) is -0.281. The van der Waals surface area contributed by atoms with Crippen LogP contribution in [0.25, 0.3) is 11.4 Å². The topological polar surface area (TPSA) is 85.6 Å². The van der Waals surface area contributed by atoms with Crippen LogP contribution in [-0.2, 0) is 17.5 Å². The zero-order valence-corrected chi connectivity index (χ0v) is 13.7. The zero-order valence-electron chi connectivity index (χ0n) is 12.9. The Morgan fingerprint density at radius 2 is 2.04 bits per heavy atom. The number of hydrogen-bond acceptors (Lipinski definition) is 5. The van der Waals surface area contributed by atoms with Crippen LogP contribution >= 0.6 is 11.6 Å². The van der Waals surface area contributed by atoms with Crippen LogP contribution < -0.4 is 5.32 Å². The Morgan fingerprint density at radius 1 is 1.23 bits per heavy atom. The largest absolute Gasteiger partial charge is 0.416 e. The number of hydrogen-bond donors (Lipinski definition) is 1. The molecule has 7 nitrogen and oxygen atoms in total. The molecule has 0 fully saturated rings. The fourth-order valence-corrected chi connectivity index (χ4v) is 2.13. The lowest BCUT2D eigenvalue weighted by atomic mass is 10.1. The van der Waals surface area contributed by atoms with E-state index in [1.807, 2.05) is 0 Å². The molecule has 0 aliphatic heterocycles. The third-order valence-corrected chi connectivity index (χ3v) is 3.40. The minimum Gasteiger partial charge on any atom is -0.309 e. The Bertz CT molecular complexity index is 926. The lowest BCUT2D eigenvalue weighted by Crippen LogP contribution is -2.21. The molecule has 0 saturated carbocycles. The zero-order chi connectivity index (χ0) is 18.7. The SMILES string of the molecule is O=C(Cn1nnc(-c2cccc(C(F)(F)F)c2)n1)Nc1ccc(Cl)cn1. The van der Waals surface area contributed by atoms with E-state index in [1.165, 1.54) is 24.4 Å². The molecular weight excluding hydrogens is 373 g/mol. The lowest BCUT2D eigenvalue weighted by molar-refractivity contribution is -0.137. The summed E-state index contributed by atoms with van der Waals surface area (Å²) >= 11 is 5.70. The van der Waals surface area contributed by atoms with Gasteiger partial charge in [0.2, 0.25) is 11.7 Å². The number of tetrazole rings is 1. The maximum atomic E-state index is 12.8. The molecule has 0 spiro atoms. The van der Waals surface area contributed by atoms with E-state index in [-0.39, 0.29) is 23.8 Å². The van der Waals surface area contributed by atoms with Crippen LogP contribution in [0.2, 0.25) is 5.02 Å². The van der Waals surface area contributed by atoms with Crippen molar-refractivity contribution in [2.45, 2.75) is 12.7 Å². The van der Waals surface area contributed by atoms with E-state index in [0.29, 0.717) is 5.02 Å². The maximum absolute atomic E-state index is 12.8. The third-order valence-electron chi connectivity index (χ3n) is 3.18. The van der Waals surface area contributed by atoms with Gasteiger partial charge in [-0.1, -0.05) is 23.7 Å². The first-order valence-corrected chi connectivity index (χ1v) is 7.56. The second kappa shape index (κ2) is 7.08. The maximum Gasteiger partial charge on any atom is 0.416 e. The number of nitrogens with zero attached hydrogens (tertiary/aromatic N) is 5. The number of amides is 1. The highest BCUT2D eigenvalue weighted by Crippen LogP contribution is 2.31. The molecule has 2 heterocycles. The predicted octanol–water partition coefficient (Wildman–Crippen LogP) is 3.05. The van der Waals surface area contributed by atoms with Gasteiger partial charge in [0.25, 0.3) is 0 Å². The van der Waals surface area contributed by atoms with Crippen LogP contribution in [0, 0.1) is 0 Å². The lowest BCUT2D eigenvalue weighted by Gasteiger charge is -2.06. The van der Waals surface area contributed by atoms with Gasteiger partial charge < -0.3 is 5.32 Å². The standard InChI is InChI=1S/C15H10ClF3N6O/c16-11-4-5-12(20-7-11)21-13(26)8-25-23-14(22-24-25)9-2-1-3-10(6-9)15(17,18)19/h1-7H,8H2,(H,20,21,26). The van der Waals surface area contributed by atoms with E-state index in [0.717, 1.165) is 16.9 Å². The van der Waals surface area contributed by atoms with Gasteiger partial charge in [0.1, 0.15) is 12.4 Å². The minimum atomic E-state index is -4.47. The second-order valence-corrected chi connectivity index (χ2v) is 5.57. The van der Waals surface area contributed by atoms with Crippen LogP contribution in [0.4, 0.5) is 19.0 Å². The minimum absolute atomic E-state index is 0.0199. The van der Waals surface area contributed by atoms with Gasteiger partial charge >= 0.3 is 6.18 Å². The number of halogens is 4. The molecule has 2 aromatic heterocycles. The first kappa shape index (κ1) is 17.8. The molecule has 0 aliphatic carbocycles. The molecule has 26 heavy (non-hydrogen) atoms. The van der Waals surface area contributed by atoms with Crippen LogP contribution in [0.1, 0.15) is 5.56 Å². The number of carbonyl (C=O) groups excluding carboxylic acids is 1. The van der Waals surface area contributed by atoms with Gasteiger partial charge in [-0.2, -0.15) is 18.0 Å². The molecule has 0 aliphatic rings. The number of pyridine rings is 1. The van der Waals surface area contributed by atoms with Crippen molar-refractivity contribution in [3.63, 3.8) is 0 Å². The van der Waals surface area contributed by atoms with Crippen LogP contribution in [0.3, 0.4) is 0 Å². The number of aromatic nitrogens is 5. The highest BCUT2D eigenvalue weighted by atomic mass is 35.5. The Morgan fingerprint density at radius 3 is 2.73 bits per heavy atom. The summed E-state index contributed by atoms with van der Waals surface area (Å²) < 4.78 is 38.3. The summed E-state index contributed by atoms with van der Waals surface area (Å²) in [7, 11) is 0. The predicted molar refractivity (Wildman–Crippen MR) is 86.1 cm³/mol. The molecule has 1 amide bonds. The highest BCUT2D eigenvalue weighted by Gasteiger charge is 2.30. The summed E-state index contributed by atoms with van der Waals surface area (Å²) in [5.74, 6) is -0.209. The highest BCUT2D eigenvalue weighted by molar-refractivity contribution is 6.30. The van der Waals surface area contributed by atoms with Gasteiger partial charge in [-0.25, -0.2) is 4.98 Å². The van der Waals surface area contributed by atoms with Crippen molar-refractivity contribution in [3.8, 4) is 11.4 Å². The molecule has 0 bridgehead atoms. The molecule has 0 unspecified atom stereocenters. The van der Waals surface area contributed by atoms with Crippen molar-refractivity contribution in [2.24, 2.45) is 0 Å². The fraction of sp³-hybridized carbons (Fsp3) is 0.133. The monoisotopic (exact) mass is 382 g/mol. The van der Waals surface area contributed by atoms with Crippen molar-refractivity contribution >= 4 is 23.3 Å². The Balaban J connectivity index is 1.70. The second-order valence-electron chi connectivity index (χ2n) is 5.13. The molecule has 11 heteroatoms. The van der Waals surface area contributed by atoms with Crippen molar-refractivity contribution in [1.29, 1.82) is 0 Å². The number of benzene rings is 1. The van der Waals surface area contributed by atoms with Crippen molar-refractivity contribution < 1.29 is 18.0 Å². The van der Waals surface area contributed by atoms with E-state index in [2.05, 4.69) is 25.7 Å². The van der Waals surface area contributed by atoms with Gasteiger partial charge in [0, 0.05) is 11.8 Å². The number of rotatable bonds is 4. The molecule has 134 valence electrons. The van der Waals surface area contributed by atoms with E-state index in [4.69, 9.17) is 11.6 Å². The van der Waals surface area contributed by atoms with Gasteiger partial charge in [-0.05, 0) is 29.5 Å². The van der Waals surface area contributed by atoms with Gasteiger partial charge in [-0.15, -0.1) is 10.2 Å². The quantitative estimate of drug-likeness (QED) is 0.749. The summed E-state index contributed by atoms with van der Waals surface area (Å²) in [6, 6.07) is 7.61. The molecule has 0 saturated heterocycles. The van der Waals surface area contributed by atoms with Crippen molar-refractivity contribution in [3.05, 3.63) is 53.2 Å². The number of anilines is 1. The Hall–Kier alpha value is -3.01. The van der Waals surface area contributed by atoms with Crippen molar-refractivity contribution in [2.75, 3.05) is 5.32 Å². The normalized spacial score (nSPS) is 11.4. The molecule has 3 rings (SSSR count). The summed E-state index contributed by atoms with van der Waals surface area (Å²) in [5, 5.41) is 14.2. The van der Waals surface area contributed by atoms with E-state index in [1.54, 1.807) is 6.07 Å². The first-order chi connectivity index (χ1) is 12.3. The number of nitrogens with one attached hydrogen (secondary N) is 1. The van der Waals surface area contributed by atoms with E-state index < -0.39 is 17.6 Å². The summed E-state index contributed by atoms with van der Waals surface area (Å²) in [5.41, 5.74) is -0.677. The Kier molecular flexibility index (Phi) is 4.85. The van der Waals surface area contributed by atoms with Gasteiger partial charge in [0.15, 0.2) is 0 Å². The van der Waals surface area contributed by atoms with E-state index in [9.17, 15) is 18.0 Å². The fourth-order valence-electron chi connectivity index (χ4n) is 2.02. The van der Waals surface area contributed by atoms with Crippen LogP contribution in [0.5, 0.6) is 0 Å². The summed E-state index contributed by atoms with van der Waals surface area (Å²) in [4.78, 5) is 16.8.